The molecule has 2 aliphatic rings. The second-order valence-electron chi connectivity index (χ2n) is 9.39. The molecule has 200 valence electrons. The van der Waals surface area contributed by atoms with Gasteiger partial charge in [-0.25, -0.2) is 14.6 Å². The Morgan fingerprint density at radius 3 is 2.15 bits per heavy atom. The fourth-order valence-electron chi connectivity index (χ4n) is 5.10. The van der Waals surface area contributed by atoms with Gasteiger partial charge in [0, 0.05) is 5.69 Å². The quantitative estimate of drug-likeness (QED) is 0.540. The van der Waals surface area contributed by atoms with Gasteiger partial charge in [0.05, 0.1) is 37.3 Å². The van der Waals surface area contributed by atoms with E-state index in [1.165, 1.54) is 4.90 Å². The summed E-state index contributed by atoms with van der Waals surface area (Å²) in [4.78, 5) is 41.6. The molecular weight excluding hydrogens is 498 g/mol. The molecule has 2 aromatic rings. The molecule has 0 aromatic heterocycles. The molecule has 10 heteroatoms. The maximum Gasteiger partial charge on any atom is 0.355 e. The maximum absolute atomic E-state index is 13.9. The number of hydrazone groups is 1. The van der Waals surface area contributed by atoms with Gasteiger partial charge < -0.3 is 9.47 Å². The van der Waals surface area contributed by atoms with Gasteiger partial charge in [0.2, 0.25) is 0 Å². The minimum absolute atomic E-state index is 0.206. The van der Waals surface area contributed by atoms with Crippen molar-refractivity contribution in [1.29, 1.82) is 10.7 Å². The van der Waals surface area contributed by atoms with Crippen molar-refractivity contribution >= 4 is 40.8 Å². The number of carbonyl (C=O) groups is 3. The summed E-state index contributed by atoms with van der Waals surface area (Å²) in [6.07, 6.45) is 1.75. The largest absolute Gasteiger partial charge is 0.466 e. The zero-order valence-electron chi connectivity index (χ0n) is 22.4. The third-order valence-corrected chi connectivity index (χ3v) is 6.97. The van der Waals surface area contributed by atoms with Crippen LogP contribution in [0.4, 0.5) is 11.4 Å². The lowest BCUT2D eigenvalue weighted by Gasteiger charge is -2.30. The molecule has 0 saturated carbocycles. The molecule has 1 N–H and O–H groups in total. The molecule has 39 heavy (non-hydrogen) atoms. The van der Waals surface area contributed by atoms with Crippen LogP contribution in [0.25, 0.3) is 0 Å². The van der Waals surface area contributed by atoms with E-state index in [4.69, 9.17) is 9.47 Å². The van der Waals surface area contributed by atoms with Gasteiger partial charge in [-0.1, -0.05) is 43.2 Å². The molecule has 2 aliphatic heterocycles. The fraction of sp³-hybridized carbons (Fsp3) is 0.310. The first-order chi connectivity index (χ1) is 18.7. The normalized spacial score (nSPS) is 20.7. The summed E-state index contributed by atoms with van der Waals surface area (Å²) in [7, 11) is 2.24. The Morgan fingerprint density at radius 1 is 1.03 bits per heavy atom. The van der Waals surface area contributed by atoms with Crippen molar-refractivity contribution in [2.45, 2.75) is 33.6 Å². The zero-order chi connectivity index (χ0) is 28.5. The number of amides is 1. The monoisotopic (exact) mass is 527 g/mol. The molecule has 0 aliphatic carbocycles. The third-order valence-electron chi connectivity index (χ3n) is 6.97. The fourth-order valence-corrected chi connectivity index (χ4v) is 5.10. The number of esters is 2. The van der Waals surface area contributed by atoms with Crippen LogP contribution in [0, 0.1) is 35.0 Å². The summed E-state index contributed by atoms with van der Waals surface area (Å²) >= 11 is 0. The predicted molar refractivity (Wildman–Crippen MR) is 145 cm³/mol. The molecule has 0 bridgehead atoms. The highest BCUT2D eigenvalue weighted by Crippen LogP contribution is 2.51. The van der Waals surface area contributed by atoms with Gasteiger partial charge in [0.1, 0.15) is 17.5 Å². The van der Waals surface area contributed by atoms with Crippen molar-refractivity contribution in [2.24, 2.45) is 16.4 Å². The van der Waals surface area contributed by atoms with Crippen LogP contribution in [0.15, 0.2) is 64.9 Å². The topological polar surface area (TPSA) is 136 Å². The van der Waals surface area contributed by atoms with Gasteiger partial charge in [-0.2, -0.15) is 10.4 Å². The van der Waals surface area contributed by atoms with Gasteiger partial charge >= 0.3 is 11.9 Å². The summed E-state index contributed by atoms with van der Waals surface area (Å²) in [5.41, 5.74) is 0.0280. The molecule has 0 saturated heterocycles. The summed E-state index contributed by atoms with van der Waals surface area (Å²) < 4.78 is 10.0. The zero-order valence-corrected chi connectivity index (χ0v) is 22.4. The number of nitrogens with zero attached hydrogens (tertiary/aromatic N) is 4. The highest BCUT2D eigenvalue weighted by Gasteiger charge is 2.65. The van der Waals surface area contributed by atoms with Gasteiger partial charge in [-0.3, -0.25) is 15.1 Å². The number of hydrogen-bond acceptors (Lipinski definition) is 8. The molecule has 1 amide bonds. The average molecular weight is 528 g/mol. The summed E-state index contributed by atoms with van der Waals surface area (Å²) in [6, 6.07) is 16.2. The maximum atomic E-state index is 13.9. The van der Waals surface area contributed by atoms with E-state index in [2.05, 4.69) is 18.1 Å². The number of aryl methyl sites for hydroxylation is 2. The van der Waals surface area contributed by atoms with E-state index in [0.29, 0.717) is 11.4 Å². The minimum atomic E-state index is -2.22. The van der Waals surface area contributed by atoms with Crippen LogP contribution in [0.2, 0.25) is 0 Å². The standard InChI is InChI=1S/C29H29N5O5/c1-6-7-19-10-14-20(15-11-19)33-24(27(37)39-5)23(26(36)38-4)29(16-30,28(33)31)22-18(3)32-34(25(22)35)21-12-8-17(2)9-13-21/h8-15,22,31H,6-7H2,1-5H3. The van der Waals surface area contributed by atoms with Crippen molar-refractivity contribution in [3.05, 3.63) is 70.9 Å². The molecule has 0 spiro atoms. The number of nitriles is 1. The van der Waals surface area contributed by atoms with E-state index in [-0.39, 0.29) is 11.4 Å². The Kier molecular flexibility index (Phi) is 7.36. The lowest BCUT2D eigenvalue weighted by Crippen LogP contribution is -2.48. The van der Waals surface area contributed by atoms with Crippen LogP contribution in [-0.2, 0) is 30.3 Å². The predicted octanol–water partition coefficient (Wildman–Crippen LogP) is 3.89. The second-order valence-corrected chi connectivity index (χ2v) is 9.39. The van der Waals surface area contributed by atoms with Crippen molar-refractivity contribution < 1.29 is 23.9 Å². The van der Waals surface area contributed by atoms with E-state index in [1.807, 2.05) is 31.2 Å². The molecule has 2 atom stereocenters. The second kappa shape index (κ2) is 10.5. The van der Waals surface area contributed by atoms with E-state index < -0.39 is 40.6 Å². The first-order valence-corrected chi connectivity index (χ1v) is 12.4. The summed E-state index contributed by atoms with van der Waals surface area (Å²) in [5, 5.41) is 25.5. The molecular formula is C29H29N5O5. The number of amidine groups is 1. The Labute approximate surface area is 226 Å². The van der Waals surface area contributed by atoms with Crippen molar-refractivity contribution in [2.75, 3.05) is 24.1 Å². The lowest BCUT2D eigenvalue weighted by atomic mass is 9.68. The minimum Gasteiger partial charge on any atom is -0.466 e. The molecule has 2 aromatic carbocycles. The van der Waals surface area contributed by atoms with Crippen LogP contribution < -0.4 is 9.91 Å². The molecule has 10 nitrogen and oxygen atoms in total. The van der Waals surface area contributed by atoms with Crippen LogP contribution in [0.3, 0.4) is 0 Å². The number of carbonyl (C=O) groups excluding carboxylic acids is 3. The number of anilines is 2. The Bertz CT molecular complexity index is 1450. The van der Waals surface area contributed by atoms with Crippen LogP contribution >= 0.6 is 0 Å². The Hall–Kier alpha value is -4.78. The SMILES string of the molecule is CCCc1ccc(N2C(=N)C(C#N)(C3C(=O)N(c4ccc(C)cc4)N=C3C)C(C(=O)OC)=C2C(=O)OC)cc1. The first-order valence-electron chi connectivity index (χ1n) is 12.4. The lowest BCUT2D eigenvalue weighted by molar-refractivity contribution is -0.139. The molecule has 0 fully saturated rings. The first kappa shape index (κ1) is 27.3. The number of ether oxygens (including phenoxy) is 2. The van der Waals surface area contributed by atoms with Gasteiger partial charge in [-0.15, -0.1) is 0 Å². The molecule has 0 radical (unpaired) electrons. The van der Waals surface area contributed by atoms with Crippen molar-refractivity contribution in [1.82, 2.24) is 0 Å². The van der Waals surface area contributed by atoms with Gasteiger partial charge in [0.15, 0.2) is 5.41 Å². The highest BCUT2D eigenvalue weighted by atomic mass is 16.5. The molecule has 2 heterocycles. The summed E-state index contributed by atoms with van der Waals surface area (Å²) in [6.45, 7) is 5.51. The van der Waals surface area contributed by atoms with Crippen LogP contribution in [-0.4, -0.2) is 43.6 Å². The number of methoxy groups -OCH3 is 2. The Balaban J connectivity index is 1.94. The van der Waals surface area contributed by atoms with Crippen LogP contribution in [0.5, 0.6) is 0 Å². The van der Waals surface area contributed by atoms with Gasteiger partial charge in [0.25, 0.3) is 5.91 Å². The van der Waals surface area contributed by atoms with Crippen molar-refractivity contribution in [3.63, 3.8) is 0 Å². The highest BCUT2D eigenvalue weighted by molar-refractivity contribution is 6.29. The van der Waals surface area contributed by atoms with E-state index in [0.717, 1.165) is 43.2 Å². The number of hydrogen-bond donors (Lipinski definition) is 1. The van der Waals surface area contributed by atoms with E-state index in [1.54, 1.807) is 31.2 Å². The van der Waals surface area contributed by atoms with Crippen LogP contribution in [0.1, 0.15) is 31.4 Å². The van der Waals surface area contributed by atoms with Crippen molar-refractivity contribution in [3.8, 4) is 6.07 Å². The summed E-state index contributed by atoms with van der Waals surface area (Å²) in [5.74, 6) is -4.43. The number of rotatable bonds is 7. The average Bonchev–Trinajstić information content (AvgIpc) is 3.38. The number of benzene rings is 2. The Morgan fingerprint density at radius 2 is 1.62 bits per heavy atom. The molecule has 2 unspecified atom stereocenters. The van der Waals surface area contributed by atoms with Gasteiger partial charge in [-0.05, 0) is 50.1 Å². The van der Waals surface area contributed by atoms with E-state index >= 15 is 0 Å². The molecule has 4 rings (SSSR count). The van der Waals surface area contributed by atoms with E-state index in [9.17, 15) is 25.1 Å². The number of nitrogens with one attached hydrogen (secondary N) is 1. The smallest absolute Gasteiger partial charge is 0.355 e. The third kappa shape index (κ3) is 4.26.